The predicted octanol–water partition coefficient (Wildman–Crippen LogP) is 1.17. The molecule has 0 radical (unpaired) electrons. The van der Waals surface area contributed by atoms with Gasteiger partial charge in [0.2, 0.25) is 0 Å². The van der Waals surface area contributed by atoms with Gasteiger partial charge in [-0.05, 0) is 18.2 Å². The summed E-state index contributed by atoms with van der Waals surface area (Å²) in [6.07, 6.45) is 3.15. The lowest BCUT2D eigenvalue weighted by Crippen LogP contribution is -2.13. The quantitative estimate of drug-likeness (QED) is 0.546. The van der Waals surface area contributed by atoms with Crippen molar-refractivity contribution in [3.8, 4) is 5.75 Å². The van der Waals surface area contributed by atoms with E-state index in [0.717, 1.165) is 22.2 Å². The fourth-order valence-electron chi connectivity index (χ4n) is 2.05. The molecule has 0 atom stereocenters. The summed E-state index contributed by atoms with van der Waals surface area (Å²) in [7, 11) is 1.63. The van der Waals surface area contributed by atoms with Gasteiger partial charge in [0, 0.05) is 17.0 Å². The van der Waals surface area contributed by atoms with Crippen molar-refractivity contribution in [2.24, 2.45) is 5.84 Å². The molecule has 20 heavy (non-hydrogen) atoms. The van der Waals surface area contributed by atoms with Crippen LogP contribution in [0.4, 0.5) is 5.82 Å². The summed E-state index contributed by atoms with van der Waals surface area (Å²) in [6, 6.07) is 7.76. The average Bonchev–Trinajstić information content (AvgIpc) is 2.99. The van der Waals surface area contributed by atoms with Crippen LogP contribution in [0.15, 0.2) is 36.9 Å². The number of ether oxygens (including phenoxy) is 1. The first kappa shape index (κ1) is 12.4. The monoisotopic (exact) mass is 270 g/mol. The SMILES string of the molecule is COc1ccc2cc(Cn3cncn3)c(NN)nc2c1. The van der Waals surface area contributed by atoms with E-state index in [4.69, 9.17) is 10.6 Å². The number of benzene rings is 1. The Morgan fingerprint density at radius 1 is 1.35 bits per heavy atom. The van der Waals surface area contributed by atoms with Crippen molar-refractivity contribution in [3.63, 3.8) is 0 Å². The molecule has 3 N–H and O–H groups in total. The Bertz CT molecular complexity index is 725. The summed E-state index contributed by atoms with van der Waals surface area (Å²) in [6.45, 7) is 0.550. The Morgan fingerprint density at radius 3 is 2.95 bits per heavy atom. The third-order valence-corrected chi connectivity index (χ3v) is 3.04. The first-order chi connectivity index (χ1) is 9.80. The number of hydrazine groups is 1. The molecule has 0 aliphatic rings. The Hall–Kier alpha value is -2.67. The number of pyridine rings is 1. The van der Waals surface area contributed by atoms with Crippen LogP contribution < -0.4 is 16.0 Å². The van der Waals surface area contributed by atoms with E-state index >= 15 is 0 Å². The number of hydrogen-bond donors (Lipinski definition) is 2. The molecular weight excluding hydrogens is 256 g/mol. The highest BCUT2D eigenvalue weighted by molar-refractivity contribution is 5.83. The average molecular weight is 270 g/mol. The molecule has 0 amide bonds. The molecule has 1 aromatic carbocycles. The van der Waals surface area contributed by atoms with E-state index in [1.54, 1.807) is 18.1 Å². The lowest BCUT2D eigenvalue weighted by molar-refractivity contribution is 0.415. The maximum atomic E-state index is 5.55. The van der Waals surface area contributed by atoms with Gasteiger partial charge in [0.15, 0.2) is 0 Å². The molecule has 0 aliphatic carbocycles. The van der Waals surface area contributed by atoms with Crippen molar-refractivity contribution in [2.75, 3.05) is 12.5 Å². The number of rotatable bonds is 4. The standard InChI is InChI=1S/C13H14N6O/c1-20-11-3-2-9-4-10(6-19-8-15-7-16-19)13(18-14)17-12(9)5-11/h2-5,7-8H,6,14H2,1H3,(H,17,18). The van der Waals surface area contributed by atoms with Crippen molar-refractivity contribution in [3.05, 3.63) is 42.5 Å². The maximum absolute atomic E-state index is 5.55. The number of nitrogens with two attached hydrogens (primary N) is 1. The van der Waals surface area contributed by atoms with Crippen LogP contribution in [0.25, 0.3) is 10.9 Å². The molecule has 0 bridgehead atoms. The van der Waals surface area contributed by atoms with E-state index in [9.17, 15) is 0 Å². The third kappa shape index (κ3) is 2.26. The number of fused-ring (bicyclic) bond motifs is 1. The molecule has 0 spiro atoms. The van der Waals surface area contributed by atoms with Crippen molar-refractivity contribution in [1.82, 2.24) is 19.7 Å². The van der Waals surface area contributed by atoms with Gasteiger partial charge < -0.3 is 10.2 Å². The minimum Gasteiger partial charge on any atom is -0.497 e. The molecule has 7 heteroatoms. The Kier molecular flexibility index (Phi) is 3.18. The van der Waals surface area contributed by atoms with Gasteiger partial charge in [-0.2, -0.15) is 5.10 Å². The van der Waals surface area contributed by atoms with Crippen LogP contribution in [0.2, 0.25) is 0 Å². The minimum atomic E-state index is 0.550. The van der Waals surface area contributed by atoms with E-state index < -0.39 is 0 Å². The van der Waals surface area contributed by atoms with Gasteiger partial charge in [-0.15, -0.1) is 0 Å². The third-order valence-electron chi connectivity index (χ3n) is 3.04. The van der Waals surface area contributed by atoms with Crippen LogP contribution in [0.5, 0.6) is 5.75 Å². The van der Waals surface area contributed by atoms with Crippen LogP contribution in [0.1, 0.15) is 5.56 Å². The van der Waals surface area contributed by atoms with Gasteiger partial charge in [0.1, 0.15) is 24.2 Å². The maximum Gasteiger partial charge on any atom is 0.145 e. The largest absolute Gasteiger partial charge is 0.497 e. The minimum absolute atomic E-state index is 0.550. The molecule has 7 nitrogen and oxygen atoms in total. The lowest BCUT2D eigenvalue weighted by atomic mass is 10.1. The number of anilines is 1. The van der Waals surface area contributed by atoms with Gasteiger partial charge in [-0.25, -0.2) is 20.5 Å². The molecule has 0 saturated heterocycles. The second kappa shape index (κ2) is 5.14. The molecular formula is C13H14N6O. The summed E-state index contributed by atoms with van der Waals surface area (Å²) in [4.78, 5) is 8.43. The number of hydrogen-bond acceptors (Lipinski definition) is 6. The van der Waals surface area contributed by atoms with E-state index in [1.165, 1.54) is 6.33 Å². The van der Waals surface area contributed by atoms with Crippen LogP contribution in [0, 0.1) is 0 Å². The zero-order valence-corrected chi connectivity index (χ0v) is 10.9. The smallest absolute Gasteiger partial charge is 0.145 e. The van der Waals surface area contributed by atoms with E-state index in [2.05, 4.69) is 20.5 Å². The number of nitrogen functional groups attached to an aromatic ring is 1. The zero-order chi connectivity index (χ0) is 13.9. The number of nitrogens with one attached hydrogen (secondary N) is 1. The van der Waals surface area contributed by atoms with Gasteiger partial charge in [0.05, 0.1) is 19.2 Å². The first-order valence-electron chi connectivity index (χ1n) is 6.07. The zero-order valence-electron chi connectivity index (χ0n) is 10.9. The molecule has 102 valence electrons. The second-order valence-corrected chi connectivity index (χ2v) is 4.29. The molecule has 0 saturated carbocycles. The summed E-state index contributed by atoms with van der Waals surface area (Å²) in [5, 5.41) is 5.10. The van der Waals surface area contributed by atoms with Gasteiger partial charge >= 0.3 is 0 Å². The van der Waals surface area contributed by atoms with Crippen LogP contribution in [0.3, 0.4) is 0 Å². The summed E-state index contributed by atoms with van der Waals surface area (Å²) in [5.41, 5.74) is 4.38. The van der Waals surface area contributed by atoms with Crippen LogP contribution in [-0.4, -0.2) is 26.9 Å². The van der Waals surface area contributed by atoms with Crippen LogP contribution >= 0.6 is 0 Å². The normalized spacial score (nSPS) is 10.7. The highest BCUT2D eigenvalue weighted by atomic mass is 16.5. The number of nitrogens with zero attached hydrogens (tertiary/aromatic N) is 4. The van der Waals surface area contributed by atoms with E-state index in [-0.39, 0.29) is 0 Å². The van der Waals surface area contributed by atoms with Crippen molar-refractivity contribution >= 4 is 16.7 Å². The van der Waals surface area contributed by atoms with Gasteiger partial charge in [-0.1, -0.05) is 0 Å². The topological polar surface area (TPSA) is 90.9 Å². The predicted molar refractivity (Wildman–Crippen MR) is 75.2 cm³/mol. The fourth-order valence-corrected chi connectivity index (χ4v) is 2.05. The summed E-state index contributed by atoms with van der Waals surface area (Å²) < 4.78 is 6.91. The Labute approximate surface area is 115 Å². The van der Waals surface area contributed by atoms with Crippen LogP contribution in [-0.2, 0) is 6.54 Å². The first-order valence-corrected chi connectivity index (χ1v) is 6.07. The van der Waals surface area contributed by atoms with Crippen molar-refractivity contribution in [1.29, 1.82) is 0 Å². The summed E-state index contributed by atoms with van der Waals surface area (Å²) >= 11 is 0. The van der Waals surface area contributed by atoms with Gasteiger partial charge in [-0.3, -0.25) is 0 Å². The molecule has 0 fully saturated rings. The van der Waals surface area contributed by atoms with E-state index in [0.29, 0.717) is 12.4 Å². The van der Waals surface area contributed by atoms with Crippen molar-refractivity contribution in [2.45, 2.75) is 6.54 Å². The molecule has 0 aliphatic heterocycles. The fraction of sp³-hybridized carbons (Fsp3) is 0.154. The Morgan fingerprint density at radius 2 is 2.25 bits per heavy atom. The summed E-state index contributed by atoms with van der Waals surface area (Å²) in [5.74, 6) is 6.93. The number of aromatic nitrogens is 4. The Balaban J connectivity index is 2.07. The highest BCUT2D eigenvalue weighted by Gasteiger charge is 2.08. The van der Waals surface area contributed by atoms with Crippen molar-refractivity contribution < 1.29 is 4.74 Å². The molecule has 2 aromatic heterocycles. The second-order valence-electron chi connectivity index (χ2n) is 4.29. The highest BCUT2D eigenvalue weighted by Crippen LogP contribution is 2.24. The molecule has 0 unspecified atom stereocenters. The molecule has 2 heterocycles. The number of methoxy groups -OCH3 is 1. The lowest BCUT2D eigenvalue weighted by Gasteiger charge is -2.10. The molecule has 3 rings (SSSR count). The van der Waals surface area contributed by atoms with E-state index in [1.807, 2.05) is 24.3 Å². The van der Waals surface area contributed by atoms with Gasteiger partial charge in [0.25, 0.3) is 0 Å². The molecule has 3 aromatic rings.